The van der Waals surface area contributed by atoms with Crippen LogP contribution in [0.4, 0.5) is 4.79 Å². The van der Waals surface area contributed by atoms with Crippen LogP contribution in [0.2, 0.25) is 0 Å². The number of likely N-dealkylation sites (tertiary alicyclic amines) is 1. The van der Waals surface area contributed by atoms with Crippen molar-refractivity contribution >= 4 is 18.0 Å². The largest absolute Gasteiger partial charge is 0.458 e. The number of hydrogen-bond donors (Lipinski definition) is 0. The minimum absolute atomic E-state index is 0.0579. The van der Waals surface area contributed by atoms with Crippen LogP contribution < -0.4 is 0 Å². The van der Waals surface area contributed by atoms with Gasteiger partial charge in [-0.3, -0.25) is 4.79 Å². The molecule has 28 heavy (non-hydrogen) atoms. The molecule has 0 spiro atoms. The molecule has 2 saturated carbocycles. The van der Waals surface area contributed by atoms with Crippen molar-refractivity contribution in [1.29, 1.82) is 0 Å². The molecule has 5 atom stereocenters. The molecule has 2 aliphatic carbocycles. The van der Waals surface area contributed by atoms with Crippen LogP contribution in [0.5, 0.6) is 0 Å². The summed E-state index contributed by atoms with van der Waals surface area (Å²) in [5, 5.41) is 0. The van der Waals surface area contributed by atoms with Crippen LogP contribution in [0.15, 0.2) is 23.5 Å². The minimum Gasteiger partial charge on any atom is -0.458 e. The number of nitrogens with zero attached hydrogens (tertiary/aromatic N) is 1. The molecule has 2 heterocycles. The van der Waals surface area contributed by atoms with Crippen LogP contribution >= 0.6 is 0 Å². The number of cyclic esters (lactones) is 1. The second-order valence-corrected chi connectivity index (χ2v) is 9.18. The number of esters is 1. The summed E-state index contributed by atoms with van der Waals surface area (Å²) >= 11 is 0. The number of hydrogen-bond acceptors (Lipinski definition) is 6. The molecule has 4 aliphatic rings. The molecule has 152 valence electrons. The van der Waals surface area contributed by atoms with Gasteiger partial charge in [-0.15, -0.1) is 0 Å². The fraction of sp³-hybridized carbons (Fsp3) is 0.667. The zero-order chi connectivity index (χ0) is 20.2. The van der Waals surface area contributed by atoms with Crippen LogP contribution in [-0.2, 0) is 23.8 Å². The number of carbonyl (C=O) groups is 3. The van der Waals surface area contributed by atoms with Gasteiger partial charge in [0.25, 0.3) is 12.2 Å². The van der Waals surface area contributed by atoms with Crippen molar-refractivity contribution in [1.82, 2.24) is 4.90 Å². The molecular formula is C21H27NO6. The van der Waals surface area contributed by atoms with E-state index in [4.69, 9.17) is 14.2 Å². The molecule has 0 aromatic carbocycles. The molecule has 7 heteroatoms. The molecule has 1 saturated heterocycles. The first kappa shape index (κ1) is 19.0. The zero-order valence-electron chi connectivity index (χ0n) is 16.8. The number of imide groups is 1. The van der Waals surface area contributed by atoms with Crippen molar-refractivity contribution in [2.75, 3.05) is 0 Å². The first-order valence-electron chi connectivity index (χ1n) is 9.97. The third-order valence-electron chi connectivity index (χ3n) is 6.14. The molecule has 0 radical (unpaired) electrons. The van der Waals surface area contributed by atoms with Crippen molar-refractivity contribution in [3.63, 3.8) is 0 Å². The van der Waals surface area contributed by atoms with Gasteiger partial charge in [0.1, 0.15) is 5.60 Å². The van der Waals surface area contributed by atoms with Gasteiger partial charge in [0, 0.05) is 17.6 Å². The Kier molecular flexibility index (Phi) is 4.51. The molecule has 0 unspecified atom stereocenters. The SMILES string of the molecule is CC1=C[C@@H](O/C=C2/C(=O)N(C(=O)OC(C)(C)C)[C@@H]3[C@H]4CCC[C@H]4C[C@H]23)OC1=O. The predicted molar refractivity (Wildman–Crippen MR) is 98.6 cm³/mol. The van der Waals surface area contributed by atoms with Crippen LogP contribution in [0.25, 0.3) is 0 Å². The van der Waals surface area contributed by atoms with Crippen LogP contribution in [0.3, 0.4) is 0 Å². The Morgan fingerprint density at radius 1 is 1.29 bits per heavy atom. The van der Waals surface area contributed by atoms with Crippen molar-refractivity contribution in [2.24, 2.45) is 17.8 Å². The van der Waals surface area contributed by atoms with E-state index in [2.05, 4.69) is 0 Å². The molecule has 3 fully saturated rings. The number of amides is 2. The van der Waals surface area contributed by atoms with Crippen molar-refractivity contribution < 1.29 is 28.6 Å². The highest BCUT2D eigenvalue weighted by atomic mass is 16.7. The van der Waals surface area contributed by atoms with Crippen molar-refractivity contribution in [3.05, 3.63) is 23.5 Å². The lowest BCUT2D eigenvalue weighted by atomic mass is 9.94. The summed E-state index contributed by atoms with van der Waals surface area (Å²) in [4.78, 5) is 38.8. The third-order valence-corrected chi connectivity index (χ3v) is 6.14. The maximum Gasteiger partial charge on any atom is 0.417 e. The number of ether oxygens (including phenoxy) is 3. The summed E-state index contributed by atoms with van der Waals surface area (Å²) in [6, 6.07) is -0.173. The number of fused-ring (bicyclic) bond motifs is 3. The molecule has 0 aromatic rings. The summed E-state index contributed by atoms with van der Waals surface area (Å²) in [5.41, 5.74) is 0.272. The van der Waals surface area contributed by atoms with Crippen LogP contribution in [0, 0.1) is 17.8 Å². The molecule has 7 nitrogen and oxygen atoms in total. The Bertz CT molecular complexity index is 776. The predicted octanol–water partition coefficient (Wildman–Crippen LogP) is 3.30. The Morgan fingerprint density at radius 3 is 2.68 bits per heavy atom. The van der Waals surface area contributed by atoms with E-state index in [0.29, 0.717) is 23.0 Å². The topological polar surface area (TPSA) is 82.1 Å². The normalized spacial score (nSPS) is 35.7. The molecular weight excluding hydrogens is 362 g/mol. The highest BCUT2D eigenvalue weighted by Crippen LogP contribution is 2.54. The fourth-order valence-corrected chi connectivity index (χ4v) is 5.05. The van der Waals surface area contributed by atoms with Gasteiger partial charge in [0.15, 0.2) is 0 Å². The van der Waals surface area contributed by atoms with Gasteiger partial charge < -0.3 is 14.2 Å². The fourth-order valence-electron chi connectivity index (χ4n) is 5.05. The summed E-state index contributed by atoms with van der Waals surface area (Å²) in [6.45, 7) is 7.02. The van der Waals surface area contributed by atoms with Gasteiger partial charge >= 0.3 is 12.1 Å². The lowest BCUT2D eigenvalue weighted by Crippen LogP contribution is -2.45. The lowest BCUT2D eigenvalue weighted by Gasteiger charge is -2.29. The smallest absolute Gasteiger partial charge is 0.417 e. The Balaban J connectivity index is 1.59. The molecule has 4 rings (SSSR count). The highest BCUT2D eigenvalue weighted by Gasteiger charge is 2.58. The third kappa shape index (κ3) is 3.20. The standard InChI is InChI=1S/C21H27NO6/c1-11-8-16(27-19(11)24)26-10-15-14-9-12-6-5-7-13(12)17(14)22(18(15)23)20(25)28-21(2,3)4/h8,10,12-14,16-17H,5-7,9H2,1-4H3/b15-10+/t12-,13-,14+,16-,17+/m0/s1. The van der Waals surface area contributed by atoms with E-state index >= 15 is 0 Å². The molecule has 2 aliphatic heterocycles. The van der Waals surface area contributed by atoms with Gasteiger partial charge in [-0.2, -0.15) is 0 Å². The quantitative estimate of drug-likeness (QED) is 0.409. The van der Waals surface area contributed by atoms with E-state index in [1.54, 1.807) is 33.8 Å². The Labute approximate surface area is 164 Å². The van der Waals surface area contributed by atoms with E-state index in [1.807, 2.05) is 0 Å². The van der Waals surface area contributed by atoms with E-state index in [9.17, 15) is 14.4 Å². The van der Waals surface area contributed by atoms with Crippen molar-refractivity contribution in [2.45, 2.75) is 71.3 Å². The summed E-state index contributed by atoms with van der Waals surface area (Å²) in [5.74, 6) is -0.0105. The average molecular weight is 389 g/mol. The molecule has 0 aromatic heterocycles. The molecule has 2 amide bonds. The van der Waals surface area contributed by atoms with Gasteiger partial charge in [-0.05, 0) is 52.4 Å². The number of rotatable bonds is 2. The van der Waals surface area contributed by atoms with Gasteiger partial charge in [0.05, 0.1) is 17.9 Å². The number of carbonyl (C=O) groups excluding carboxylic acids is 3. The van der Waals surface area contributed by atoms with E-state index in [-0.39, 0.29) is 17.9 Å². The maximum absolute atomic E-state index is 13.1. The maximum atomic E-state index is 13.1. The summed E-state index contributed by atoms with van der Waals surface area (Å²) in [7, 11) is 0. The monoisotopic (exact) mass is 389 g/mol. The Morgan fingerprint density at radius 2 is 2.04 bits per heavy atom. The van der Waals surface area contributed by atoms with E-state index < -0.39 is 24.0 Å². The van der Waals surface area contributed by atoms with Crippen LogP contribution in [0.1, 0.15) is 53.4 Å². The lowest BCUT2D eigenvalue weighted by molar-refractivity contribution is -0.152. The van der Waals surface area contributed by atoms with E-state index in [1.165, 1.54) is 11.2 Å². The van der Waals surface area contributed by atoms with Crippen molar-refractivity contribution in [3.8, 4) is 0 Å². The van der Waals surface area contributed by atoms with Gasteiger partial charge in [-0.1, -0.05) is 12.8 Å². The summed E-state index contributed by atoms with van der Waals surface area (Å²) in [6.07, 6.45) is 5.69. The first-order chi connectivity index (χ1) is 13.2. The van der Waals surface area contributed by atoms with Gasteiger partial charge in [-0.25, -0.2) is 14.5 Å². The Hall–Kier alpha value is -2.31. The zero-order valence-corrected chi connectivity index (χ0v) is 16.8. The second-order valence-electron chi connectivity index (χ2n) is 9.18. The summed E-state index contributed by atoms with van der Waals surface area (Å²) < 4.78 is 16.2. The van der Waals surface area contributed by atoms with E-state index in [0.717, 1.165) is 25.7 Å². The average Bonchev–Trinajstić information content (AvgIpc) is 3.28. The highest BCUT2D eigenvalue weighted by molar-refractivity contribution is 6.05. The first-order valence-corrected chi connectivity index (χ1v) is 9.97. The van der Waals surface area contributed by atoms with Gasteiger partial charge in [0.2, 0.25) is 0 Å². The molecule has 0 bridgehead atoms. The molecule has 0 N–H and O–H groups in total. The van der Waals surface area contributed by atoms with Crippen LogP contribution in [-0.4, -0.2) is 40.8 Å². The second kappa shape index (κ2) is 6.64. The minimum atomic E-state index is -0.831.